The van der Waals surface area contributed by atoms with Crippen molar-refractivity contribution in [2.24, 2.45) is 0 Å². The minimum absolute atomic E-state index is 0.0438. The molecule has 98 valence electrons. The molecule has 2 N–H and O–H groups in total. The monoisotopic (exact) mass is 260 g/mol. The molecule has 2 rings (SSSR count). The Bertz CT molecular complexity index is 587. The molecule has 1 aromatic carbocycles. The fourth-order valence-electron chi connectivity index (χ4n) is 1.71. The van der Waals surface area contributed by atoms with E-state index in [1.54, 1.807) is 24.5 Å². The molecule has 0 aliphatic carbocycles. The summed E-state index contributed by atoms with van der Waals surface area (Å²) in [6.07, 6.45) is 3.26. The van der Waals surface area contributed by atoms with E-state index in [1.807, 2.05) is 6.92 Å². The van der Waals surface area contributed by atoms with E-state index in [1.165, 1.54) is 6.07 Å². The number of pyridine rings is 1. The summed E-state index contributed by atoms with van der Waals surface area (Å²) in [6.45, 7) is 1.81. The van der Waals surface area contributed by atoms with Gasteiger partial charge in [0.1, 0.15) is 11.6 Å². The Morgan fingerprint density at radius 3 is 2.63 bits per heavy atom. The molecule has 4 nitrogen and oxygen atoms in total. The van der Waals surface area contributed by atoms with Crippen LogP contribution in [-0.4, -0.2) is 16.0 Å². The number of phenols is 1. The average Bonchev–Trinajstić information content (AvgIpc) is 2.39. The summed E-state index contributed by atoms with van der Waals surface area (Å²) in [7, 11) is 0. The lowest BCUT2D eigenvalue weighted by Crippen LogP contribution is -2.26. The molecule has 0 aliphatic rings. The number of nitrogens with zero attached hydrogens (tertiary/aromatic N) is 1. The number of hydrogen-bond acceptors (Lipinski definition) is 3. The predicted molar refractivity (Wildman–Crippen MR) is 68.2 cm³/mol. The van der Waals surface area contributed by atoms with E-state index in [0.717, 1.165) is 17.7 Å². The summed E-state index contributed by atoms with van der Waals surface area (Å²) >= 11 is 0. The van der Waals surface area contributed by atoms with Crippen LogP contribution in [0.3, 0.4) is 0 Å². The summed E-state index contributed by atoms with van der Waals surface area (Å²) in [4.78, 5) is 15.8. The molecule has 0 aliphatic heterocycles. The van der Waals surface area contributed by atoms with Crippen molar-refractivity contribution in [3.8, 4) is 5.75 Å². The van der Waals surface area contributed by atoms with Gasteiger partial charge in [-0.15, -0.1) is 0 Å². The number of hydrogen-bond donors (Lipinski definition) is 2. The van der Waals surface area contributed by atoms with E-state index in [9.17, 15) is 14.3 Å². The molecule has 1 aromatic heterocycles. The third kappa shape index (κ3) is 3.07. The van der Waals surface area contributed by atoms with Gasteiger partial charge in [-0.1, -0.05) is 0 Å². The number of carbonyl (C=O) groups excluding carboxylic acids is 1. The molecule has 19 heavy (non-hydrogen) atoms. The van der Waals surface area contributed by atoms with E-state index in [4.69, 9.17) is 0 Å². The summed E-state index contributed by atoms with van der Waals surface area (Å²) < 4.78 is 12.8. The molecule has 0 saturated heterocycles. The third-order valence-electron chi connectivity index (χ3n) is 2.76. The Labute approximate surface area is 109 Å². The molecule has 1 unspecified atom stereocenters. The van der Waals surface area contributed by atoms with Crippen molar-refractivity contribution in [3.05, 3.63) is 59.7 Å². The highest BCUT2D eigenvalue weighted by atomic mass is 19.1. The van der Waals surface area contributed by atoms with Crippen molar-refractivity contribution in [1.29, 1.82) is 0 Å². The van der Waals surface area contributed by atoms with Gasteiger partial charge in [-0.3, -0.25) is 9.78 Å². The topological polar surface area (TPSA) is 62.2 Å². The normalized spacial score (nSPS) is 11.9. The Balaban J connectivity index is 2.13. The van der Waals surface area contributed by atoms with E-state index in [-0.39, 0.29) is 17.4 Å². The van der Waals surface area contributed by atoms with Gasteiger partial charge in [-0.05, 0) is 36.8 Å². The van der Waals surface area contributed by atoms with Crippen LogP contribution in [0.5, 0.6) is 5.75 Å². The first-order chi connectivity index (χ1) is 9.08. The van der Waals surface area contributed by atoms with E-state index >= 15 is 0 Å². The fraction of sp³-hybridized carbons (Fsp3) is 0.143. The molecule has 2 aromatic rings. The maximum atomic E-state index is 12.8. The van der Waals surface area contributed by atoms with E-state index in [2.05, 4.69) is 10.3 Å². The van der Waals surface area contributed by atoms with Crippen molar-refractivity contribution in [2.75, 3.05) is 0 Å². The molecule has 0 radical (unpaired) electrons. The summed E-state index contributed by atoms with van der Waals surface area (Å²) in [5.74, 6) is -1.42. The maximum absolute atomic E-state index is 12.8. The highest BCUT2D eigenvalue weighted by molar-refractivity contribution is 5.97. The highest BCUT2D eigenvalue weighted by Gasteiger charge is 2.15. The van der Waals surface area contributed by atoms with Gasteiger partial charge in [0.25, 0.3) is 5.91 Å². The second kappa shape index (κ2) is 5.48. The van der Waals surface area contributed by atoms with Crippen LogP contribution >= 0.6 is 0 Å². The summed E-state index contributed by atoms with van der Waals surface area (Å²) in [5, 5.41) is 12.3. The highest BCUT2D eigenvalue weighted by Crippen LogP contribution is 2.19. The smallest absolute Gasteiger partial charge is 0.255 e. The zero-order valence-electron chi connectivity index (χ0n) is 10.3. The molecule has 0 fully saturated rings. The van der Waals surface area contributed by atoms with Crippen molar-refractivity contribution >= 4 is 5.91 Å². The lowest BCUT2D eigenvalue weighted by Gasteiger charge is -2.14. The number of phenolic OH excluding ortho intramolecular Hbond substituents is 1. The van der Waals surface area contributed by atoms with Crippen molar-refractivity contribution < 1.29 is 14.3 Å². The number of rotatable bonds is 3. The lowest BCUT2D eigenvalue weighted by atomic mass is 10.1. The lowest BCUT2D eigenvalue weighted by molar-refractivity contribution is 0.0937. The Kier molecular flexibility index (Phi) is 3.75. The van der Waals surface area contributed by atoms with Crippen molar-refractivity contribution in [2.45, 2.75) is 13.0 Å². The Hall–Kier alpha value is -2.43. The molecular formula is C14H13FN2O2. The van der Waals surface area contributed by atoms with Crippen LogP contribution in [-0.2, 0) is 0 Å². The van der Waals surface area contributed by atoms with Gasteiger partial charge in [0.2, 0.25) is 0 Å². The van der Waals surface area contributed by atoms with E-state index in [0.29, 0.717) is 0 Å². The fourth-order valence-corrected chi connectivity index (χ4v) is 1.71. The van der Waals surface area contributed by atoms with Crippen molar-refractivity contribution in [3.63, 3.8) is 0 Å². The molecular weight excluding hydrogens is 247 g/mol. The largest absolute Gasteiger partial charge is 0.507 e. The molecule has 0 spiro atoms. The average molecular weight is 260 g/mol. The summed E-state index contributed by atoms with van der Waals surface area (Å²) in [5.41, 5.74) is 0.937. The number of nitrogens with one attached hydrogen (secondary N) is 1. The molecule has 0 saturated carbocycles. The van der Waals surface area contributed by atoms with Crippen LogP contribution in [0.2, 0.25) is 0 Å². The van der Waals surface area contributed by atoms with Gasteiger partial charge in [-0.25, -0.2) is 4.39 Å². The van der Waals surface area contributed by atoms with Gasteiger partial charge in [-0.2, -0.15) is 0 Å². The van der Waals surface area contributed by atoms with Crippen LogP contribution in [0.4, 0.5) is 4.39 Å². The number of aromatic hydroxyl groups is 1. The molecule has 5 heteroatoms. The number of halogens is 1. The number of amides is 1. The number of carbonyl (C=O) groups is 1. The first kappa shape index (κ1) is 13.0. The van der Waals surface area contributed by atoms with E-state index < -0.39 is 11.7 Å². The third-order valence-corrected chi connectivity index (χ3v) is 2.76. The Morgan fingerprint density at radius 1 is 1.32 bits per heavy atom. The Morgan fingerprint density at radius 2 is 2.00 bits per heavy atom. The second-order valence-corrected chi connectivity index (χ2v) is 4.14. The maximum Gasteiger partial charge on any atom is 0.255 e. The van der Waals surface area contributed by atoms with Crippen molar-refractivity contribution in [1.82, 2.24) is 10.3 Å². The first-order valence-corrected chi connectivity index (χ1v) is 5.77. The SMILES string of the molecule is CC(NC(=O)c1ccc(F)cc1O)c1ccncc1. The van der Waals surface area contributed by atoms with Gasteiger partial charge < -0.3 is 10.4 Å². The van der Waals surface area contributed by atoms with Gasteiger partial charge in [0.15, 0.2) is 0 Å². The van der Waals surface area contributed by atoms with Crippen LogP contribution in [0.25, 0.3) is 0 Å². The quantitative estimate of drug-likeness (QED) is 0.890. The molecule has 1 atom stereocenters. The van der Waals surface area contributed by atoms with Gasteiger partial charge in [0, 0.05) is 18.5 Å². The van der Waals surface area contributed by atoms with Gasteiger partial charge in [0.05, 0.1) is 11.6 Å². The van der Waals surface area contributed by atoms with Crippen LogP contribution in [0, 0.1) is 5.82 Å². The zero-order chi connectivity index (χ0) is 13.8. The first-order valence-electron chi connectivity index (χ1n) is 5.77. The summed E-state index contributed by atoms with van der Waals surface area (Å²) in [6, 6.07) is 6.63. The zero-order valence-corrected chi connectivity index (χ0v) is 10.3. The van der Waals surface area contributed by atoms with Crippen LogP contribution in [0.15, 0.2) is 42.7 Å². The minimum Gasteiger partial charge on any atom is -0.507 e. The molecule has 1 amide bonds. The molecule has 1 heterocycles. The van der Waals surface area contributed by atoms with Crippen LogP contribution in [0.1, 0.15) is 28.9 Å². The van der Waals surface area contributed by atoms with Crippen LogP contribution < -0.4 is 5.32 Å². The minimum atomic E-state index is -0.587. The second-order valence-electron chi connectivity index (χ2n) is 4.14. The van der Waals surface area contributed by atoms with Gasteiger partial charge >= 0.3 is 0 Å². The predicted octanol–water partition coefficient (Wildman–Crippen LogP) is 2.42. The number of benzene rings is 1. The number of aromatic nitrogens is 1. The molecule has 0 bridgehead atoms. The standard InChI is InChI=1S/C14H13FN2O2/c1-9(10-4-6-16-7-5-10)17-14(19)12-3-2-11(15)8-13(12)18/h2-9,18H,1H3,(H,17,19).